The Balaban J connectivity index is 2.25. The number of pyridine rings is 1. The molecule has 8 heteroatoms. The molecule has 2 atom stereocenters. The second-order valence-corrected chi connectivity index (χ2v) is 7.68. The lowest BCUT2D eigenvalue weighted by Crippen LogP contribution is -2.20. The molecular formula is C21H22BrClN2O4. The lowest BCUT2D eigenvalue weighted by atomic mass is 9.90. The number of aliphatic hydroxyl groups excluding tert-OH is 1. The molecule has 6 nitrogen and oxygen atoms in total. The predicted molar refractivity (Wildman–Crippen MR) is 114 cm³/mol. The Morgan fingerprint density at radius 3 is 2.69 bits per heavy atom. The predicted octanol–water partition coefficient (Wildman–Crippen LogP) is 4.80. The summed E-state index contributed by atoms with van der Waals surface area (Å²) in [5, 5.41) is 10.9. The Morgan fingerprint density at radius 1 is 1.24 bits per heavy atom. The number of imidazole rings is 1. The van der Waals surface area contributed by atoms with E-state index in [0.717, 1.165) is 10.0 Å². The van der Waals surface area contributed by atoms with Crippen LogP contribution in [0.25, 0.3) is 5.65 Å². The van der Waals surface area contributed by atoms with Crippen LogP contribution in [0, 0.1) is 0 Å². The molecule has 0 spiro atoms. The highest BCUT2D eigenvalue weighted by atomic mass is 79.9. The zero-order chi connectivity index (χ0) is 21.0. The molecule has 0 bridgehead atoms. The van der Waals surface area contributed by atoms with Gasteiger partial charge in [-0.3, -0.25) is 0 Å². The fourth-order valence-corrected chi connectivity index (χ4v) is 3.93. The van der Waals surface area contributed by atoms with Crippen LogP contribution in [0.2, 0.25) is 5.02 Å². The van der Waals surface area contributed by atoms with Crippen molar-refractivity contribution in [2.75, 3.05) is 13.2 Å². The largest absolute Gasteiger partial charge is 0.461 e. The van der Waals surface area contributed by atoms with Crippen LogP contribution in [-0.4, -0.2) is 40.0 Å². The minimum atomic E-state index is -1.03. The number of carbonyl (C=O) groups is 1. The van der Waals surface area contributed by atoms with Gasteiger partial charge in [-0.1, -0.05) is 29.8 Å². The number of nitrogens with zero attached hydrogens (tertiary/aromatic N) is 2. The van der Waals surface area contributed by atoms with E-state index in [1.165, 1.54) is 0 Å². The van der Waals surface area contributed by atoms with Gasteiger partial charge in [0.15, 0.2) is 12.0 Å². The third kappa shape index (κ3) is 4.80. The average Bonchev–Trinajstić information content (AvgIpc) is 3.06. The molecule has 3 rings (SSSR count). The van der Waals surface area contributed by atoms with Crippen LogP contribution >= 0.6 is 27.5 Å². The number of aromatic nitrogens is 2. The van der Waals surface area contributed by atoms with Crippen molar-refractivity contribution in [2.45, 2.75) is 32.5 Å². The maximum absolute atomic E-state index is 12.7. The molecule has 3 aromatic rings. The lowest BCUT2D eigenvalue weighted by Gasteiger charge is -2.22. The van der Waals surface area contributed by atoms with Crippen LogP contribution in [0.1, 0.15) is 47.9 Å². The number of hydrogen-bond acceptors (Lipinski definition) is 5. The Hall–Kier alpha value is -1.93. The van der Waals surface area contributed by atoms with Gasteiger partial charge in [-0.05, 0) is 53.5 Å². The molecule has 0 saturated carbocycles. The van der Waals surface area contributed by atoms with E-state index in [4.69, 9.17) is 21.1 Å². The number of ether oxygens (including phenoxy) is 2. The molecule has 2 heterocycles. The first-order valence-corrected chi connectivity index (χ1v) is 10.5. The van der Waals surface area contributed by atoms with E-state index in [0.29, 0.717) is 23.0 Å². The van der Waals surface area contributed by atoms with Gasteiger partial charge in [-0.2, -0.15) is 0 Å². The van der Waals surface area contributed by atoms with E-state index in [1.54, 1.807) is 19.1 Å². The highest BCUT2D eigenvalue weighted by Gasteiger charge is 2.31. The fraction of sp³-hybridized carbons (Fsp3) is 0.333. The molecule has 2 aromatic heterocycles. The van der Waals surface area contributed by atoms with Gasteiger partial charge in [-0.25, -0.2) is 9.78 Å². The first kappa shape index (κ1) is 21.8. The average molecular weight is 482 g/mol. The SMILES string of the molecule is CCOC(=O)c1nc2ccc(Br)cn2c1C(CC(O)OCC)c1ccccc1Cl. The van der Waals surface area contributed by atoms with Gasteiger partial charge in [-0.15, -0.1) is 0 Å². The molecule has 0 fully saturated rings. The summed E-state index contributed by atoms with van der Waals surface area (Å²) in [4.78, 5) is 17.2. The first-order chi connectivity index (χ1) is 14.0. The molecule has 0 radical (unpaired) electrons. The zero-order valence-electron chi connectivity index (χ0n) is 16.1. The molecule has 2 unspecified atom stereocenters. The van der Waals surface area contributed by atoms with E-state index in [9.17, 15) is 9.90 Å². The minimum Gasteiger partial charge on any atom is -0.461 e. The fourth-order valence-electron chi connectivity index (χ4n) is 3.33. The molecule has 1 aromatic carbocycles. The van der Waals surface area contributed by atoms with E-state index < -0.39 is 18.2 Å². The van der Waals surface area contributed by atoms with Crippen LogP contribution in [0.5, 0.6) is 0 Å². The number of benzene rings is 1. The van der Waals surface area contributed by atoms with Crippen molar-refractivity contribution in [1.82, 2.24) is 9.38 Å². The molecule has 0 saturated heterocycles. The third-order valence-electron chi connectivity index (χ3n) is 4.50. The van der Waals surface area contributed by atoms with E-state index in [-0.39, 0.29) is 18.7 Å². The molecular weight excluding hydrogens is 460 g/mol. The van der Waals surface area contributed by atoms with Crippen LogP contribution in [-0.2, 0) is 9.47 Å². The molecule has 154 valence electrons. The van der Waals surface area contributed by atoms with Crippen molar-refractivity contribution >= 4 is 39.1 Å². The molecule has 0 amide bonds. The monoisotopic (exact) mass is 480 g/mol. The first-order valence-electron chi connectivity index (χ1n) is 9.34. The summed E-state index contributed by atoms with van der Waals surface area (Å²) in [6, 6.07) is 11.0. The smallest absolute Gasteiger partial charge is 0.358 e. The highest BCUT2D eigenvalue weighted by molar-refractivity contribution is 9.10. The number of aliphatic hydroxyl groups is 1. The lowest BCUT2D eigenvalue weighted by molar-refractivity contribution is -0.100. The Bertz CT molecular complexity index is 1010. The minimum absolute atomic E-state index is 0.193. The summed E-state index contributed by atoms with van der Waals surface area (Å²) in [6.07, 6.45) is 0.996. The Labute approximate surface area is 182 Å². The maximum atomic E-state index is 12.7. The van der Waals surface area contributed by atoms with Crippen molar-refractivity contribution in [3.8, 4) is 0 Å². The Kier molecular flexibility index (Phi) is 7.29. The van der Waals surface area contributed by atoms with Crippen LogP contribution in [0.4, 0.5) is 0 Å². The summed E-state index contributed by atoms with van der Waals surface area (Å²) in [5.41, 5.74) is 2.14. The number of rotatable bonds is 8. The van der Waals surface area contributed by atoms with Gasteiger partial charge in [0.05, 0.1) is 12.3 Å². The molecule has 0 aliphatic rings. The van der Waals surface area contributed by atoms with Gasteiger partial charge in [0.2, 0.25) is 0 Å². The normalized spacial score (nSPS) is 13.4. The summed E-state index contributed by atoms with van der Waals surface area (Å²) in [5.74, 6) is -0.973. The summed E-state index contributed by atoms with van der Waals surface area (Å²) in [6.45, 7) is 4.14. The van der Waals surface area contributed by atoms with Gasteiger partial charge in [0.1, 0.15) is 5.65 Å². The molecule has 29 heavy (non-hydrogen) atoms. The van der Waals surface area contributed by atoms with E-state index >= 15 is 0 Å². The van der Waals surface area contributed by atoms with Gasteiger partial charge in [0.25, 0.3) is 0 Å². The van der Waals surface area contributed by atoms with Gasteiger partial charge in [0, 0.05) is 34.6 Å². The maximum Gasteiger partial charge on any atom is 0.358 e. The molecule has 0 aliphatic carbocycles. The van der Waals surface area contributed by atoms with Crippen molar-refractivity contribution in [2.24, 2.45) is 0 Å². The van der Waals surface area contributed by atoms with E-state index in [1.807, 2.05) is 41.8 Å². The second-order valence-electron chi connectivity index (χ2n) is 6.36. The second kappa shape index (κ2) is 9.71. The third-order valence-corrected chi connectivity index (χ3v) is 5.31. The number of esters is 1. The molecule has 1 N–H and O–H groups in total. The number of carbonyl (C=O) groups excluding carboxylic acids is 1. The molecule has 0 aliphatic heterocycles. The Morgan fingerprint density at radius 2 is 2.00 bits per heavy atom. The van der Waals surface area contributed by atoms with Crippen molar-refractivity contribution < 1.29 is 19.4 Å². The van der Waals surface area contributed by atoms with Crippen LogP contribution in [0.15, 0.2) is 47.1 Å². The van der Waals surface area contributed by atoms with Crippen LogP contribution in [0.3, 0.4) is 0 Å². The van der Waals surface area contributed by atoms with Crippen molar-refractivity contribution in [3.05, 3.63) is 69.0 Å². The van der Waals surface area contributed by atoms with Gasteiger partial charge >= 0.3 is 5.97 Å². The zero-order valence-corrected chi connectivity index (χ0v) is 18.5. The topological polar surface area (TPSA) is 73.1 Å². The standard InChI is InChI=1S/C21H22BrClN2O4/c1-3-28-18(26)11-15(14-7-5-6-8-16(14)23)20-19(21(27)29-4-2)24-17-10-9-13(22)12-25(17)20/h5-10,12,15,18,26H,3-4,11H2,1-2H3. The van der Waals surface area contributed by atoms with Crippen molar-refractivity contribution in [1.29, 1.82) is 0 Å². The summed E-state index contributed by atoms with van der Waals surface area (Å²) < 4.78 is 13.3. The van der Waals surface area contributed by atoms with Crippen LogP contribution < -0.4 is 0 Å². The van der Waals surface area contributed by atoms with Gasteiger partial charge < -0.3 is 19.0 Å². The number of halogens is 2. The van der Waals surface area contributed by atoms with E-state index in [2.05, 4.69) is 20.9 Å². The summed E-state index contributed by atoms with van der Waals surface area (Å²) >= 11 is 9.97. The number of fused-ring (bicyclic) bond motifs is 1. The quantitative estimate of drug-likeness (QED) is 0.369. The highest BCUT2D eigenvalue weighted by Crippen LogP contribution is 2.37. The number of hydrogen-bond donors (Lipinski definition) is 1. The van der Waals surface area contributed by atoms with Crippen molar-refractivity contribution in [3.63, 3.8) is 0 Å². The summed E-state index contributed by atoms with van der Waals surface area (Å²) in [7, 11) is 0.